The SMILES string of the molecule is CCN(CC(NS(=O)(=O)Cc1ccccc1)C(C)C)C(=O)c1ccccc1C(=O)c1ccc(Cl)cc1. The van der Waals surface area contributed by atoms with Crippen LogP contribution in [0.25, 0.3) is 0 Å². The number of ketones is 1. The molecular formula is C28H31ClN2O4S. The molecule has 1 unspecified atom stereocenters. The summed E-state index contributed by atoms with van der Waals surface area (Å²) < 4.78 is 28.5. The molecule has 3 aromatic carbocycles. The Hall–Kier alpha value is -3.00. The molecule has 36 heavy (non-hydrogen) atoms. The molecule has 1 N–H and O–H groups in total. The molecule has 1 atom stereocenters. The fourth-order valence-electron chi connectivity index (χ4n) is 3.84. The first-order valence-corrected chi connectivity index (χ1v) is 13.9. The minimum atomic E-state index is -3.64. The molecule has 0 spiro atoms. The van der Waals surface area contributed by atoms with Gasteiger partial charge < -0.3 is 4.90 Å². The molecule has 0 heterocycles. The number of hydrogen-bond donors (Lipinski definition) is 1. The second-order valence-electron chi connectivity index (χ2n) is 8.94. The highest BCUT2D eigenvalue weighted by Gasteiger charge is 2.27. The van der Waals surface area contributed by atoms with E-state index < -0.39 is 16.1 Å². The first-order valence-electron chi connectivity index (χ1n) is 11.8. The van der Waals surface area contributed by atoms with E-state index in [9.17, 15) is 18.0 Å². The summed E-state index contributed by atoms with van der Waals surface area (Å²) in [7, 11) is -3.64. The monoisotopic (exact) mass is 526 g/mol. The molecule has 6 nitrogen and oxygen atoms in total. The number of carbonyl (C=O) groups is 2. The summed E-state index contributed by atoms with van der Waals surface area (Å²) >= 11 is 5.95. The molecule has 0 saturated carbocycles. The van der Waals surface area contributed by atoms with Gasteiger partial charge in [-0.1, -0.05) is 74.0 Å². The minimum Gasteiger partial charge on any atom is -0.337 e. The lowest BCUT2D eigenvalue weighted by atomic mass is 9.97. The van der Waals surface area contributed by atoms with Crippen LogP contribution >= 0.6 is 11.6 Å². The van der Waals surface area contributed by atoms with Crippen LogP contribution in [-0.4, -0.2) is 44.1 Å². The highest BCUT2D eigenvalue weighted by Crippen LogP contribution is 2.19. The molecule has 1 amide bonds. The largest absolute Gasteiger partial charge is 0.337 e. The highest BCUT2D eigenvalue weighted by molar-refractivity contribution is 7.88. The third-order valence-corrected chi connectivity index (χ3v) is 7.56. The van der Waals surface area contributed by atoms with Crippen LogP contribution in [0.2, 0.25) is 5.02 Å². The molecule has 3 aromatic rings. The molecule has 0 aromatic heterocycles. The van der Waals surface area contributed by atoms with Crippen molar-refractivity contribution in [3.05, 3.63) is 106 Å². The van der Waals surface area contributed by atoms with E-state index >= 15 is 0 Å². The topological polar surface area (TPSA) is 83.6 Å². The van der Waals surface area contributed by atoms with Gasteiger partial charge in [0.1, 0.15) is 0 Å². The lowest BCUT2D eigenvalue weighted by Gasteiger charge is -2.30. The van der Waals surface area contributed by atoms with E-state index in [0.29, 0.717) is 22.7 Å². The number of nitrogens with one attached hydrogen (secondary N) is 1. The Bertz CT molecular complexity index is 1290. The number of likely N-dealkylation sites (N-methyl/N-ethyl adjacent to an activating group) is 1. The lowest BCUT2D eigenvalue weighted by Crippen LogP contribution is -2.48. The summed E-state index contributed by atoms with van der Waals surface area (Å²) in [6.07, 6.45) is 0. The second-order valence-corrected chi connectivity index (χ2v) is 11.1. The maximum Gasteiger partial charge on any atom is 0.254 e. The van der Waals surface area contributed by atoms with Crippen molar-refractivity contribution in [2.24, 2.45) is 5.92 Å². The summed E-state index contributed by atoms with van der Waals surface area (Å²) in [6, 6.07) is 21.6. The van der Waals surface area contributed by atoms with Crippen LogP contribution in [0.4, 0.5) is 0 Å². The molecule has 0 radical (unpaired) electrons. The van der Waals surface area contributed by atoms with Gasteiger partial charge in [0.15, 0.2) is 5.78 Å². The molecular weight excluding hydrogens is 496 g/mol. The summed E-state index contributed by atoms with van der Waals surface area (Å²) in [4.78, 5) is 28.3. The first-order chi connectivity index (χ1) is 17.1. The predicted octanol–water partition coefficient (Wildman–Crippen LogP) is 5.18. The first kappa shape index (κ1) is 27.6. The van der Waals surface area contributed by atoms with Crippen molar-refractivity contribution in [1.82, 2.24) is 9.62 Å². The van der Waals surface area contributed by atoms with Gasteiger partial charge in [0.2, 0.25) is 10.0 Å². The number of carbonyl (C=O) groups excluding carboxylic acids is 2. The molecule has 0 saturated heterocycles. The van der Waals surface area contributed by atoms with Crippen LogP contribution in [-0.2, 0) is 15.8 Å². The van der Waals surface area contributed by atoms with Crippen LogP contribution in [0.5, 0.6) is 0 Å². The Kier molecular flexibility index (Phi) is 9.43. The number of rotatable bonds is 11. The van der Waals surface area contributed by atoms with E-state index in [4.69, 9.17) is 11.6 Å². The Balaban J connectivity index is 1.82. The number of halogens is 1. The molecule has 0 bridgehead atoms. The quantitative estimate of drug-likeness (QED) is 0.349. The summed E-state index contributed by atoms with van der Waals surface area (Å²) in [6.45, 7) is 6.17. The molecule has 3 rings (SSSR count). The molecule has 0 aliphatic rings. The molecule has 190 valence electrons. The minimum absolute atomic E-state index is 0.0664. The van der Waals surface area contributed by atoms with E-state index in [1.807, 2.05) is 26.8 Å². The summed E-state index contributed by atoms with van der Waals surface area (Å²) in [5, 5.41) is 0.516. The van der Waals surface area contributed by atoms with E-state index in [1.54, 1.807) is 77.7 Å². The fourth-order valence-corrected chi connectivity index (χ4v) is 5.49. The third kappa shape index (κ3) is 7.26. The van der Waals surface area contributed by atoms with Gasteiger partial charge in [0.05, 0.1) is 11.3 Å². The Morgan fingerprint density at radius 2 is 1.47 bits per heavy atom. The Labute approximate surface area is 218 Å². The van der Waals surface area contributed by atoms with Crippen molar-refractivity contribution in [1.29, 1.82) is 0 Å². The maximum atomic E-state index is 13.6. The summed E-state index contributed by atoms with van der Waals surface area (Å²) in [5.41, 5.74) is 1.67. The third-order valence-electron chi connectivity index (χ3n) is 5.93. The van der Waals surface area contributed by atoms with Gasteiger partial charge in [0.25, 0.3) is 5.91 Å². The predicted molar refractivity (Wildman–Crippen MR) is 144 cm³/mol. The number of amides is 1. The van der Waals surface area contributed by atoms with Crippen LogP contribution in [0.3, 0.4) is 0 Å². The van der Waals surface area contributed by atoms with Crippen LogP contribution in [0.15, 0.2) is 78.9 Å². The van der Waals surface area contributed by atoms with Gasteiger partial charge in [-0.2, -0.15) is 0 Å². The average molecular weight is 527 g/mol. The number of hydrogen-bond acceptors (Lipinski definition) is 4. The van der Waals surface area contributed by atoms with Gasteiger partial charge in [-0.3, -0.25) is 9.59 Å². The molecule has 8 heteroatoms. The van der Waals surface area contributed by atoms with Crippen LogP contribution in [0.1, 0.15) is 52.6 Å². The standard InChI is InChI=1S/C28H31ClN2O4S/c1-4-31(18-26(20(2)3)30-36(34,35)19-21-10-6-5-7-11-21)28(33)25-13-9-8-12-24(25)27(32)22-14-16-23(29)17-15-22/h5-17,20,26,30H,4,18-19H2,1-3H3. The lowest BCUT2D eigenvalue weighted by molar-refractivity contribution is 0.0738. The van der Waals surface area contributed by atoms with Crippen LogP contribution < -0.4 is 4.72 Å². The summed E-state index contributed by atoms with van der Waals surface area (Å²) in [5.74, 6) is -0.822. The number of sulfonamides is 1. The normalized spacial score (nSPS) is 12.4. The van der Waals surface area contributed by atoms with Crippen molar-refractivity contribution >= 4 is 33.3 Å². The maximum absolute atomic E-state index is 13.6. The average Bonchev–Trinajstić information content (AvgIpc) is 2.86. The van der Waals surface area contributed by atoms with Crippen LogP contribution in [0, 0.1) is 5.92 Å². The van der Waals surface area contributed by atoms with Gasteiger partial charge in [0, 0.05) is 35.3 Å². The van der Waals surface area contributed by atoms with E-state index in [-0.39, 0.29) is 41.0 Å². The van der Waals surface area contributed by atoms with Crippen molar-refractivity contribution < 1.29 is 18.0 Å². The molecule has 0 fully saturated rings. The Morgan fingerprint density at radius 3 is 2.06 bits per heavy atom. The fraction of sp³-hybridized carbons (Fsp3) is 0.286. The highest BCUT2D eigenvalue weighted by atomic mass is 35.5. The van der Waals surface area contributed by atoms with Gasteiger partial charge in [-0.25, -0.2) is 13.1 Å². The van der Waals surface area contributed by atoms with Crippen molar-refractivity contribution in [3.8, 4) is 0 Å². The van der Waals surface area contributed by atoms with Gasteiger partial charge >= 0.3 is 0 Å². The van der Waals surface area contributed by atoms with E-state index in [0.717, 1.165) is 0 Å². The smallest absolute Gasteiger partial charge is 0.254 e. The zero-order valence-corrected chi connectivity index (χ0v) is 22.2. The van der Waals surface area contributed by atoms with E-state index in [1.165, 1.54) is 0 Å². The Morgan fingerprint density at radius 1 is 0.889 bits per heavy atom. The second kappa shape index (κ2) is 12.3. The van der Waals surface area contributed by atoms with E-state index in [2.05, 4.69) is 4.72 Å². The van der Waals surface area contributed by atoms with Crippen molar-refractivity contribution in [3.63, 3.8) is 0 Å². The number of benzene rings is 3. The van der Waals surface area contributed by atoms with Gasteiger partial charge in [-0.15, -0.1) is 0 Å². The van der Waals surface area contributed by atoms with Crippen molar-refractivity contribution in [2.45, 2.75) is 32.6 Å². The number of nitrogens with zero attached hydrogens (tertiary/aromatic N) is 1. The molecule has 0 aliphatic heterocycles. The zero-order valence-electron chi connectivity index (χ0n) is 20.6. The van der Waals surface area contributed by atoms with Crippen molar-refractivity contribution in [2.75, 3.05) is 13.1 Å². The zero-order chi connectivity index (χ0) is 26.3. The van der Waals surface area contributed by atoms with Gasteiger partial charge in [-0.05, 0) is 48.7 Å². The molecule has 0 aliphatic carbocycles.